The Bertz CT molecular complexity index is 610. The Morgan fingerprint density at radius 1 is 1.28 bits per heavy atom. The van der Waals surface area contributed by atoms with Crippen LogP contribution in [0.3, 0.4) is 0 Å². The number of hydrogen-bond acceptors (Lipinski definition) is 3. The molecule has 2 amide bonds. The molecule has 1 fully saturated rings. The SMILES string of the molecule is CN(C(=O)C(C)(C)C)C1CCCN(CC(=O)Nc2ccc(F)cc2)C1. The van der Waals surface area contributed by atoms with Crippen LogP contribution in [-0.4, -0.2) is 54.3 Å². The third-order valence-corrected chi connectivity index (χ3v) is 4.49. The van der Waals surface area contributed by atoms with E-state index in [1.54, 1.807) is 12.1 Å². The molecule has 6 heteroatoms. The van der Waals surface area contributed by atoms with Crippen LogP contribution in [0.4, 0.5) is 10.1 Å². The van der Waals surface area contributed by atoms with E-state index in [0.29, 0.717) is 12.2 Å². The predicted molar refractivity (Wildman–Crippen MR) is 96.7 cm³/mol. The summed E-state index contributed by atoms with van der Waals surface area (Å²) in [6.07, 6.45) is 1.91. The minimum atomic E-state index is -0.406. The first-order valence-corrected chi connectivity index (χ1v) is 8.72. The molecule has 1 aromatic rings. The average Bonchev–Trinajstić information content (AvgIpc) is 2.55. The van der Waals surface area contributed by atoms with Gasteiger partial charge in [-0.1, -0.05) is 20.8 Å². The van der Waals surface area contributed by atoms with Crippen molar-refractivity contribution in [3.05, 3.63) is 30.1 Å². The lowest BCUT2D eigenvalue weighted by Crippen LogP contribution is -2.52. The smallest absolute Gasteiger partial charge is 0.238 e. The maximum atomic E-state index is 12.9. The Hall–Kier alpha value is -1.95. The number of piperidine rings is 1. The monoisotopic (exact) mass is 349 g/mol. The summed E-state index contributed by atoms with van der Waals surface area (Å²) in [5.74, 6) is -0.337. The first-order chi connectivity index (χ1) is 11.7. The lowest BCUT2D eigenvalue weighted by molar-refractivity contribution is -0.141. The lowest BCUT2D eigenvalue weighted by atomic mass is 9.93. The Balaban J connectivity index is 1.89. The summed E-state index contributed by atoms with van der Waals surface area (Å²) in [4.78, 5) is 28.6. The van der Waals surface area contributed by atoms with Gasteiger partial charge in [0.1, 0.15) is 5.82 Å². The van der Waals surface area contributed by atoms with Gasteiger partial charge >= 0.3 is 0 Å². The van der Waals surface area contributed by atoms with E-state index in [9.17, 15) is 14.0 Å². The van der Waals surface area contributed by atoms with Crippen molar-refractivity contribution in [2.45, 2.75) is 39.7 Å². The quantitative estimate of drug-likeness (QED) is 0.909. The number of carbonyl (C=O) groups excluding carboxylic acids is 2. The predicted octanol–water partition coefficient (Wildman–Crippen LogP) is 2.73. The highest BCUT2D eigenvalue weighted by Gasteiger charge is 2.32. The number of anilines is 1. The van der Waals surface area contributed by atoms with E-state index in [4.69, 9.17) is 0 Å². The fourth-order valence-corrected chi connectivity index (χ4v) is 3.12. The summed E-state index contributed by atoms with van der Waals surface area (Å²) < 4.78 is 12.9. The van der Waals surface area contributed by atoms with E-state index in [1.165, 1.54) is 12.1 Å². The van der Waals surface area contributed by atoms with E-state index >= 15 is 0 Å². The largest absolute Gasteiger partial charge is 0.341 e. The summed E-state index contributed by atoms with van der Waals surface area (Å²) in [5.41, 5.74) is 0.178. The number of likely N-dealkylation sites (N-methyl/N-ethyl adjacent to an activating group) is 1. The van der Waals surface area contributed by atoms with E-state index < -0.39 is 5.41 Å². The number of amides is 2. The van der Waals surface area contributed by atoms with Gasteiger partial charge < -0.3 is 10.2 Å². The molecule has 1 atom stereocenters. The molecule has 0 spiro atoms. The molecule has 2 rings (SSSR count). The lowest BCUT2D eigenvalue weighted by Gasteiger charge is -2.39. The van der Waals surface area contributed by atoms with Crippen LogP contribution in [0.5, 0.6) is 0 Å². The molecule has 1 heterocycles. The zero-order valence-corrected chi connectivity index (χ0v) is 15.5. The van der Waals surface area contributed by atoms with Crippen molar-refractivity contribution in [2.75, 3.05) is 32.0 Å². The summed E-state index contributed by atoms with van der Waals surface area (Å²) >= 11 is 0. The molecule has 25 heavy (non-hydrogen) atoms. The average molecular weight is 349 g/mol. The van der Waals surface area contributed by atoms with Gasteiger partial charge in [0.25, 0.3) is 0 Å². The maximum absolute atomic E-state index is 12.9. The Labute approximate surface area is 149 Å². The van der Waals surface area contributed by atoms with Gasteiger partial charge in [0.2, 0.25) is 11.8 Å². The topological polar surface area (TPSA) is 52.7 Å². The second kappa shape index (κ2) is 7.95. The minimum absolute atomic E-state index is 0.120. The molecule has 1 saturated heterocycles. The van der Waals surface area contributed by atoms with E-state index in [2.05, 4.69) is 10.2 Å². The third kappa shape index (κ3) is 5.53. The standard InChI is InChI=1S/C19H28FN3O2/c1-19(2,3)18(25)22(4)16-6-5-11-23(12-16)13-17(24)21-15-9-7-14(20)8-10-15/h7-10,16H,5-6,11-13H2,1-4H3,(H,21,24). The van der Waals surface area contributed by atoms with Crippen LogP contribution in [0.25, 0.3) is 0 Å². The van der Waals surface area contributed by atoms with Gasteiger partial charge in [0.05, 0.1) is 6.54 Å². The van der Waals surface area contributed by atoms with Crippen LogP contribution in [0.2, 0.25) is 0 Å². The Kier molecular flexibility index (Phi) is 6.16. The van der Waals surface area contributed by atoms with Crippen LogP contribution < -0.4 is 5.32 Å². The van der Waals surface area contributed by atoms with Gasteiger partial charge in [0.15, 0.2) is 0 Å². The van der Waals surface area contributed by atoms with Crippen molar-refractivity contribution in [3.8, 4) is 0 Å². The molecule has 1 aromatic carbocycles. The number of benzene rings is 1. The molecule has 1 unspecified atom stereocenters. The van der Waals surface area contributed by atoms with E-state index in [0.717, 1.165) is 19.4 Å². The van der Waals surface area contributed by atoms with Crippen LogP contribution in [0, 0.1) is 11.2 Å². The fourth-order valence-electron chi connectivity index (χ4n) is 3.12. The fraction of sp³-hybridized carbons (Fsp3) is 0.579. The number of halogens is 1. The van der Waals surface area contributed by atoms with Crippen molar-refractivity contribution in [1.29, 1.82) is 0 Å². The first-order valence-electron chi connectivity index (χ1n) is 8.72. The molecule has 0 bridgehead atoms. The summed E-state index contributed by atoms with van der Waals surface area (Å²) in [6, 6.07) is 5.85. The number of carbonyl (C=O) groups is 2. The third-order valence-electron chi connectivity index (χ3n) is 4.49. The van der Waals surface area contributed by atoms with Gasteiger partial charge in [-0.25, -0.2) is 4.39 Å². The van der Waals surface area contributed by atoms with Crippen LogP contribution in [0.1, 0.15) is 33.6 Å². The van der Waals surface area contributed by atoms with E-state index in [1.807, 2.05) is 32.7 Å². The van der Waals surface area contributed by atoms with Gasteiger partial charge in [-0.15, -0.1) is 0 Å². The van der Waals surface area contributed by atoms with Gasteiger partial charge in [-0.3, -0.25) is 14.5 Å². The Morgan fingerprint density at radius 3 is 2.52 bits per heavy atom. The number of nitrogens with zero attached hydrogens (tertiary/aromatic N) is 2. The number of hydrogen-bond donors (Lipinski definition) is 1. The van der Waals surface area contributed by atoms with Crippen molar-refractivity contribution >= 4 is 17.5 Å². The van der Waals surface area contributed by atoms with Crippen molar-refractivity contribution < 1.29 is 14.0 Å². The second-order valence-electron chi connectivity index (χ2n) is 7.75. The van der Waals surface area contributed by atoms with Crippen LogP contribution in [0.15, 0.2) is 24.3 Å². The van der Waals surface area contributed by atoms with Gasteiger partial charge in [-0.05, 0) is 43.7 Å². The highest BCUT2D eigenvalue weighted by molar-refractivity contribution is 5.92. The molecule has 5 nitrogen and oxygen atoms in total. The number of rotatable bonds is 4. The van der Waals surface area contributed by atoms with Gasteiger partial charge in [-0.2, -0.15) is 0 Å². The van der Waals surface area contributed by atoms with Crippen LogP contribution in [-0.2, 0) is 9.59 Å². The van der Waals surface area contributed by atoms with Gasteiger partial charge in [0, 0.05) is 30.7 Å². The van der Waals surface area contributed by atoms with Crippen molar-refractivity contribution in [2.24, 2.45) is 5.41 Å². The highest BCUT2D eigenvalue weighted by Crippen LogP contribution is 2.22. The molecular formula is C19H28FN3O2. The Morgan fingerprint density at radius 2 is 1.92 bits per heavy atom. The summed E-state index contributed by atoms with van der Waals surface area (Å²) in [6.45, 7) is 7.55. The van der Waals surface area contributed by atoms with Crippen molar-refractivity contribution in [1.82, 2.24) is 9.80 Å². The summed E-state index contributed by atoms with van der Waals surface area (Å²) in [7, 11) is 1.85. The minimum Gasteiger partial charge on any atom is -0.341 e. The molecular weight excluding hydrogens is 321 g/mol. The molecule has 1 aliphatic rings. The zero-order valence-electron chi connectivity index (χ0n) is 15.5. The normalized spacial score (nSPS) is 18.7. The molecule has 0 saturated carbocycles. The second-order valence-corrected chi connectivity index (χ2v) is 7.75. The summed E-state index contributed by atoms with van der Waals surface area (Å²) in [5, 5.41) is 2.78. The molecule has 0 aromatic heterocycles. The maximum Gasteiger partial charge on any atom is 0.238 e. The van der Waals surface area contributed by atoms with Crippen LogP contribution >= 0.6 is 0 Å². The molecule has 0 aliphatic carbocycles. The van der Waals surface area contributed by atoms with E-state index in [-0.39, 0.29) is 30.2 Å². The zero-order chi connectivity index (χ0) is 18.6. The highest BCUT2D eigenvalue weighted by atomic mass is 19.1. The molecule has 1 aliphatic heterocycles. The molecule has 1 N–H and O–H groups in total. The van der Waals surface area contributed by atoms with Crippen molar-refractivity contribution in [3.63, 3.8) is 0 Å². The number of likely N-dealkylation sites (tertiary alicyclic amines) is 1. The first kappa shape index (κ1) is 19.4. The molecule has 0 radical (unpaired) electrons. The molecule has 138 valence electrons. The number of nitrogens with one attached hydrogen (secondary N) is 1.